The Bertz CT molecular complexity index is 1170. The number of hydrogen-bond acceptors (Lipinski definition) is 4. The third kappa shape index (κ3) is 4.58. The highest BCUT2D eigenvalue weighted by molar-refractivity contribution is 8.26. The van der Waals surface area contributed by atoms with E-state index in [1.807, 2.05) is 30.3 Å². The average molecular weight is 471 g/mol. The Morgan fingerprint density at radius 1 is 1.19 bits per heavy atom. The van der Waals surface area contributed by atoms with Crippen LogP contribution in [0.4, 0.5) is 0 Å². The number of thioether (sulfide) groups is 1. The van der Waals surface area contributed by atoms with Crippen LogP contribution < -0.4 is 0 Å². The predicted octanol–water partition coefficient (Wildman–Crippen LogP) is 5.75. The van der Waals surface area contributed by atoms with Crippen LogP contribution in [0.2, 0.25) is 5.02 Å². The molecular weight excluding hydrogens is 448 g/mol. The molecule has 2 aromatic carbocycles. The maximum absolute atomic E-state index is 12.9. The SMILES string of the molecule is CCc1cccc2c(/C=C3\SC(=S)N(CCOC)C3=O)cn(Cc3ccc(Cl)cc3)c12. The van der Waals surface area contributed by atoms with Crippen LogP contribution in [-0.4, -0.2) is 40.0 Å². The molecule has 2 heterocycles. The lowest BCUT2D eigenvalue weighted by Gasteiger charge is -2.12. The van der Waals surface area contributed by atoms with Crippen LogP contribution in [0.1, 0.15) is 23.6 Å². The predicted molar refractivity (Wildman–Crippen MR) is 134 cm³/mol. The van der Waals surface area contributed by atoms with Gasteiger partial charge >= 0.3 is 0 Å². The topological polar surface area (TPSA) is 34.5 Å². The smallest absolute Gasteiger partial charge is 0.266 e. The molecule has 4 nitrogen and oxygen atoms in total. The average Bonchev–Trinajstić information content (AvgIpc) is 3.25. The summed E-state index contributed by atoms with van der Waals surface area (Å²) in [5, 5.41) is 1.86. The second kappa shape index (κ2) is 9.57. The summed E-state index contributed by atoms with van der Waals surface area (Å²) < 4.78 is 7.95. The number of aromatic nitrogens is 1. The molecule has 1 fully saturated rings. The number of fused-ring (bicyclic) bond motifs is 1. The van der Waals surface area contributed by atoms with E-state index >= 15 is 0 Å². The van der Waals surface area contributed by atoms with E-state index in [1.165, 1.54) is 28.4 Å². The quantitative estimate of drug-likeness (QED) is 0.325. The van der Waals surface area contributed by atoms with Gasteiger partial charge in [-0.2, -0.15) is 0 Å². The number of halogens is 1. The van der Waals surface area contributed by atoms with Gasteiger partial charge in [0, 0.05) is 35.8 Å². The molecular formula is C24H23ClN2O2S2. The van der Waals surface area contributed by atoms with Gasteiger partial charge in [0.1, 0.15) is 4.32 Å². The molecule has 0 unspecified atom stereocenters. The first-order valence-electron chi connectivity index (χ1n) is 10.1. The summed E-state index contributed by atoms with van der Waals surface area (Å²) in [4.78, 5) is 15.1. The molecule has 7 heteroatoms. The summed E-state index contributed by atoms with van der Waals surface area (Å²) in [6, 6.07) is 14.3. The van der Waals surface area contributed by atoms with Crippen LogP contribution >= 0.6 is 35.6 Å². The maximum Gasteiger partial charge on any atom is 0.266 e. The van der Waals surface area contributed by atoms with Crippen molar-refractivity contribution in [2.75, 3.05) is 20.3 Å². The van der Waals surface area contributed by atoms with E-state index < -0.39 is 0 Å². The molecule has 0 saturated carbocycles. The Balaban J connectivity index is 1.75. The molecule has 4 rings (SSSR count). The van der Waals surface area contributed by atoms with Crippen LogP contribution in [0.15, 0.2) is 53.6 Å². The van der Waals surface area contributed by atoms with Gasteiger partial charge < -0.3 is 9.30 Å². The van der Waals surface area contributed by atoms with Crippen LogP contribution in [0.25, 0.3) is 17.0 Å². The number of methoxy groups -OCH3 is 1. The molecule has 3 aromatic rings. The number of para-hydroxylation sites is 1. The Labute approximate surface area is 196 Å². The fourth-order valence-electron chi connectivity index (χ4n) is 3.79. The zero-order valence-corrected chi connectivity index (χ0v) is 19.8. The third-order valence-electron chi connectivity index (χ3n) is 5.34. The van der Waals surface area contributed by atoms with E-state index in [-0.39, 0.29) is 5.91 Å². The van der Waals surface area contributed by atoms with Crippen LogP contribution in [-0.2, 0) is 22.5 Å². The summed E-state index contributed by atoms with van der Waals surface area (Å²) in [6.45, 7) is 3.82. The molecule has 0 bridgehead atoms. The van der Waals surface area contributed by atoms with Crippen molar-refractivity contribution >= 4 is 62.8 Å². The molecule has 160 valence electrons. The number of nitrogens with zero attached hydrogens (tertiary/aromatic N) is 2. The molecule has 0 aliphatic carbocycles. The van der Waals surface area contributed by atoms with Crippen molar-refractivity contribution in [1.82, 2.24) is 9.47 Å². The maximum atomic E-state index is 12.9. The minimum atomic E-state index is -0.0581. The number of rotatable bonds is 7. The number of ether oxygens (including phenoxy) is 1. The minimum Gasteiger partial charge on any atom is -0.383 e. The lowest BCUT2D eigenvalue weighted by molar-refractivity contribution is -0.122. The summed E-state index contributed by atoms with van der Waals surface area (Å²) in [6.07, 6.45) is 5.02. The summed E-state index contributed by atoms with van der Waals surface area (Å²) in [5.74, 6) is -0.0581. The second-order valence-corrected chi connectivity index (χ2v) is 9.44. The molecule has 0 atom stereocenters. The van der Waals surface area contributed by atoms with Gasteiger partial charge in [-0.05, 0) is 35.8 Å². The largest absolute Gasteiger partial charge is 0.383 e. The Hall–Kier alpha value is -2.12. The van der Waals surface area contributed by atoms with Crippen molar-refractivity contribution in [3.8, 4) is 0 Å². The fourth-order valence-corrected chi connectivity index (χ4v) is 5.22. The van der Waals surface area contributed by atoms with Crippen molar-refractivity contribution in [3.63, 3.8) is 0 Å². The van der Waals surface area contributed by atoms with Gasteiger partial charge in [-0.15, -0.1) is 0 Å². The third-order valence-corrected chi connectivity index (χ3v) is 6.97. The lowest BCUT2D eigenvalue weighted by Crippen LogP contribution is -2.31. The number of benzene rings is 2. The van der Waals surface area contributed by atoms with Gasteiger partial charge in [0.05, 0.1) is 23.6 Å². The van der Waals surface area contributed by atoms with E-state index in [4.69, 9.17) is 28.6 Å². The van der Waals surface area contributed by atoms with Gasteiger partial charge in [-0.25, -0.2) is 0 Å². The Morgan fingerprint density at radius 3 is 2.68 bits per heavy atom. The molecule has 1 aliphatic heterocycles. The molecule has 1 saturated heterocycles. The summed E-state index contributed by atoms with van der Waals surface area (Å²) >= 11 is 12.8. The molecule has 1 aliphatic rings. The standard InChI is InChI=1S/C24H23ClN2O2S2/c1-3-17-5-4-6-20-18(13-21-23(28)27(11-12-29-2)24(30)31-21)15-26(22(17)20)14-16-7-9-19(25)10-8-16/h4-10,13,15H,3,11-12,14H2,1-2H3/b21-13-. The van der Waals surface area contributed by atoms with Crippen molar-refractivity contribution < 1.29 is 9.53 Å². The van der Waals surface area contributed by atoms with Gasteiger partial charge in [0.25, 0.3) is 5.91 Å². The normalized spacial score (nSPS) is 15.6. The van der Waals surface area contributed by atoms with Crippen molar-refractivity contribution in [2.45, 2.75) is 19.9 Å². The van der Waals surface area contributed by atoms with Crippen molar-refractivity contribution in [3.05, 3.63) is 75.3 Å². The first kappa shape index (κ1) is 22.1. The zero-order chi connectivity index (χ0) is 22.0. The molecule has 1 aromatic heterocycles. The first-order chi connectivity index (χ1) is 15.0. The van der Waals surface area contributed by atoms with Gasteiger partial charge in [-0.1, -0.05) is 72.8 Å². The van der Waals surface area contributed by atoms with Crippen molar-refractivity contribution in [1.29, 1.82) is 0 Å². The molecule has 1 amide bonds. The van der Waals surface area contributed by atoms with E-state index in [9.17, 15) is 4.79 Å². The monoisotopic (exact) mass is 470 g/mol. The minimum absolute atomic E-state index is 0.0581. The number of thiocarbonyl (C=S) groups is 1. The number of amides is 1. The second-order valence-electron chi connectivity index (χ2n) is 7.33. The Kier molecular flexibility index (Phi) is 6.82. The van der Waals surface area contributed by atoms with Gasteiger partial charge in [0.15, 0.2) is 0 Å². The Morgan fingerprint density at radius 2 is 1.97 bits per heavy atom. The highest BCUT2D eigenvalue weighted by Gasteiger charge is 2.31. The lowest BCUT2D eigenvalue weighted by atomic mass is 10.1. The first-order valence-corrected chi connectivity index (χ1v) is 11.7. The highest BCUT2D eigenvalue weighted by Crippen LogP contribution is 2.35. The number of carbonyl (C=O) groups is 1. The zero-order valence-electron chi connectivity index (χ0n) is 17.4. The van der Waals surface area contributed by atoms with Crippen LogP contribution in [0.5, 0.6) is 0 Å². The van der Waals surface area contributed by atoms with Gasteiger partial charge in [0.2, 0.25) is 0 Å². The van der Waals surface area contributed by atoms with Crippen molar-refractivity contribution in [2.24, 2.45) is 0 Å². The highest BCUT2D eigenvalue weighted by atomic mass is 35.5. The molecule has 0 radical (unpaired) electrons. The molecule has 0 spiro atoms. The number of hydrogen-bond donors (Lipinski definition) is 0. The van der Waals surface area contributed by atoms with E-state index in [1.54, 1.807) is 12.0 Å². The van der Waals surface area contributed by atoms with E-state index in [0.29, 0.717) is 22.4 Å². The molecule has 31 heavy (non-hydrogen) atoms. The number of carbonyl (C=O) groups excluding carboxylic acids is 1. The van der Waals surface area contributed by atoms with Gasteiger partial charge in [-0.3, -0.25) is 9.69 Å². The van der Waals surface area contributed by atoms with Crippen LogP contribution in [0.3, 0.4) is 0 Å². The summed E-state index contributed by atoms with van der Waals surface area (Å²) in [7, 11) is 1.62. The van der Waals surface area contributed by atoms with Crippen LogP contribution in [0, 0.1) is 0 Å². The molecule has 0 N–H and O–H groups in total. The number of aryl methyl sites for hydroxylation is 1. The fraction of sp³-hybridized carbons (Fsp3) is 0.250. The summed E-state index contributed by atoms with van der Waals surface area (Å²) in [5.41, 5.74) is 4.66. The van der Waals surface area contributed by atoms with E-state index in [2.05, 4.69) is 35.9 Å². The van der Waals surface area contributed by atoms with E-state index in [0.717, 1.165) is 28.9 Å².